The van der Waals surface area contributed by atoms with Crippen molar-refractivity contribution in [3.05, 3.63) is 34.4 Å². The molecular formula is C23H27NO3. The van der Waals surface area contributed by atoms with E-state index < -0.39 is 11.8 Å². The summed E-state index contributed by atoms with van der Waals surface area (Å²) in [6.45, 7) is 5.62. The van der Waals surface area contributed by atoms with Gasteiger partial charge in [0.1, 0.15) is 11.7 Å². The lowest BCUT2D eigenvalue weighted by Crippen LogP contribution is -2.34. The summed E-state index contributed by atoms with van der Waals surface area (Å²) in [5.74, 6) is 4.38. The molecule has 0 heterocycles. The number of nitrogens with one attached hydrogen (secondary N) is 1. The second-order valence-electron chi connectivity index (χ2n) is 7.85. The van der Waals surface area contributed by atoms with Crippen molar-refractivity contribution in [3.63, 3.8) is 0 Å². The van der Waals surface area contributed by atoms with Crippen molar-refractivity contribution in [1.82, 2.24) is 5.32 Å². The molecule has 2 unspecified atom stereocenters. The summed E-state index contributed by atoms with van der Waals surface area (Å²) in [7, 11) is 0. The number of hydrogen-bond donors (Lipinski definition) is 1. The van der Waals surface area contributed by atoms with E-state index in [4.69, 9.17) is 0 Å². The fourth-order valence-corrected chi connectivity index (χ4v) is 4.56. The van der Waals surface area contributed by atoms with Crippen molar-refractivity contribution in [1.29, 1.82) is 0 Å². The zero-order valence-electron chi connectivity index (χ0n) is 16.4. The Morgan fingerprint density at radius 3 is 2.37 bits per heavy atom. The Labute approximate surface area is 161 Å². The molecule has 0 aliphatic heterocycles. The summed E-state index contributed by atoms with van der Waals surface area (Å²) in [6, 6.07) is 4.09. The van der Waals surface area contributed by atoms with Crippen LogP contribution in [0.4, 0.5) is 0 Å². The lowest BCUT2D eigenvalue weighted by atomic mass is 9.86. The van der Waals surface area contributed by atoms with E-state index in [1.165, 1.54) is 0 Å². The molecule has 2 saturated carbocycles. The van der Waals surface area contributed by atoms with Crippen LogP contribution in [0.25, 0.3) is 0 Å². The van der Waals surface area contributed by atoms with Gasteiger partial charge in [-0.2, -0.15) is 0 Å². The number of aryl methyl sites for hydroxylation is 2. The highest BCUT2D eigenvalue weighted by molar-refractivity contribution is 6.15. The molecule has 4 nitrogen and oxygen atoms in total. The minimum absolute atomic E-state index is 0.0702. The summed E-state index contributed by atoms with van der Waals surface area (Å²) in [4.78, 5) is 37.9. The molecule has 3 rings (SSSR count). The maximum absolute atomic E-state index is 13.0. The van der Waals surface area contributed by atoms with Crippen LogP contribution in [0.5, 0.6) is 0 Å². The van der Waals surface area contributed by atoms with E-state index in [2.05, 4.69) is 17.2 Å². The molecule has 0 bridgehead atoms. The molecule has 0 saturated heterocycles. The van der Waals surface area contributed by atoms with Gasteiger partial charge in [-0.15, -0.1) is 5.92 Å². The van der Waals surface area contributed by atoms with E-state index in [1.807, 2.05) is 26.0 Å². The second-order valence-corrected chi connectivity index (χ2v) is 7.85. The van der Waals surface area contributed by atoms with Gasteiger partial charge in [-0.3, -0.25) is 14.4 Å². The molecule has 2 aliphatic rings. The van der Waals surface area contributed by atoms with Gasteiger partial charge in [-0.05, 0) is 62.4 Å². The van der Waals surface area contributed by atoms with Gasteiger partial charge in [0.05, 0.1) is 0 Å². The van der Waals surface area contributed by atoms with Crippen LogP contribution in [0.1, 0.15) is 73.6 Å². The number of benzene rings is 1. The first kappa shape index (κ1) is 19.4. The van der Waals surface area contributed by atoms with E-state index in [9.17, 15) is 14.4 Å². The molecule has 0 spiro atoms. The van der Waals surface area contributed by atoms with E-state index >= 15 is 0 Å². The van der Waals surface area contributed by atoms with E-state index in [1.54, 1.807) is 6.92 Å². The monoisotopic (exact) mass is 365 g/mol. The first-order valence-electron chi connectivity index (χ1n) is 9.80. The normalized spacial score (nSPS) is 22.6. The number of ketones is 2. The van der Waals surface area contributed by atoms with Gasteiger partial charge in [0, 0.05) is 30.4 Å². The van der Waals surface area contributed by atoms with Crippen LogP contribution in [-0.4, -0.2) is 23.5 Å². The first-order chi connectivity index (χ1) is 12.9. The Bertz CT molecular complexity index is 814. The maximum Gasteiger partial charge on any atom is 0.220 e. The fraction of sp³-hybridized carbons (Fsp3) is 0.522. The number of rotatable bonds is 4. The van der Waals surface area contributed by atoms with Crippen LogP contribution in [0.2, 0.25) is 0 Å². The Morgan fingerprint density at radius 2 is 1.78 bits per heavy atom. The van der Waals surface area contributed by atoms with Gasteiger partial charge in [-0.1, -0.05) is 18.8 Å². The van der Waals surface area contributed by atoms with Crippen molar-refractivity contribution in [2.75, 3.05) is 0 Å². The zero-order valence-corrected chi connectivity index (χ0v) is 16.4. The zero-order chi connectivity index (χ0) is 19.6. The first-order valence-corrected chi connectivity index (χ1v) is 9.80. The summed E-state index contributed by atoms with van der Waals surface area (Å²) < 4.78 is 0. The Kier molecular flexibility index (Phi) is 5.79. The third-order valence-corrected chi connectivity index (χ3v) is 5.76. The Hall–Kier alpha value is -2.41. The number of carbonyl (C=O) groups excluding carboxylic acids is 3. The van der Waals surface area contributed by atoms with Crippen molar-refractivity contribution in [3.8, 4) is 11.8 Å². The smallest absolute Gasteiger partial charge is 0.220 e. The van der Waals surface area contributed by atoms with Crippen molar-refractivity contribution in [2.45, 2.75) is 71.3 Å². The molecule has 4 heteroatoms. The predicted octanol–water partition coefficient (Wildman–Crippen LogP) is 3.37. The third-order valence-electron chi connectivity index (χ3n) is 5.76. The lowest BCUT2D eigenvalue weighted by Gasteiger charge is -2.17. The maximum atomic E-state index is 13.0. The van der Waals surface area contributed by atoms with Crippen LogP contribution >= 0.6 is 0 Å². The fourth-order valence-electron chi connectivity index (χ4n) is 4.56. The van der Waals surface area contributed by atoms with Crippen LogP contribution < -0.4 is 5.32 Å². The summed E-state index contributed by atoms with van der Waals surface area (Å²) in [6.07, 6.45) is 4.59. The van der Waals surface area contributed by atoms with Gasteiger partial charge in [-0.25, -0.2) is 0 Å². The number of Topliss-reactive ketones (excluding diaryl/α,β-unsaturated/α-hetero) is 2. The summed E-state index contributed by atoms with van der Waals surface area (Å²) >= 11 is 0. The molecule has 1 amide bonds. The van der Waals surface area contributed by atoms with Gasteiger partial charge in [0.25, 0.3) is 0 Å². The average Bonchev–Trinajstić information content (AvgIpc) is 3.18. The second kappa shape index (κ2) is 8.08. The largest absolute Gasteiger partial charge is 0.353 e. The highest BCUT2D eigenvalue weighted by Crippen LogP contribution is 2.37. The molecular weight excluding hydrogens is 338 g/mol. The van der Waals surface area contributed by atoms with Crippen LogP contribution in [0.3, 0.4) is 0 Å². The van der Waals surface area contributed by atoms with Crippen molar-refractivity contribution in [2.24, 2.45) is 5.92 Å². The molecule has 1 aromatic rings. The third kappa shape index (κ3) is 4.13. The van der Waals surface area contributed by atoms with E-state index in [-0.39, 0.29) is 36.4 Å². The van der Waals surface area contributed by atoms with E-state index in [0.717, 1.165) is 47.9 Å². The number of amides is 1. The molecule has 0 aromatic heterocycles. The highest BCUT2D eigenvalue weighted by atomic mass is 16.2. The molecule has 142 valence electrons. The minimum atomic E-state index is -0.738. The Balaban J connectivity index is 1.76. The SMILES string of the molecule is CC#Cc1cc(C)c(C2C(=O)CC(CC(=O)NC3CCCC3)C2=O)c(C)c1. The topological polar surface area (TPSA) is 63.2 Å². The molecule has 2 atom stereocenters. The highest BCUT2D eigenvalue weighted by Gasteiger charge is 2.44. The van der Waals surface area contributed by atoms with Gasteiger partial charge in [0.2, 0.25) is 5.91 Å². The van der Waals surface area contributed by atoms with Crippen molar-refractivity contribution < 1.29 is 14.4 Å². The average molecular weight is 365 g/mol. The standard InChI is InChI=1S/C23H27NO3/c1-4-7-16-10-14(2)21(15(3)11-16)22-19(25)12-17(23(22)27)13-20(26)24-18-8-5-6-9-18/h10-11,17-18,22H,5-6,8-9,12-13H2,1-3H3,(H,24,26). The molecule has 0 radical (unpaired) electrons. The van der Waals surface area contributed by atoms with Crippen molar-refractivity contribution >= 4 is 17.5 Å². The molecule has 27 heavy (non-hydrogen) atoms. The van der Waals surface area contributed by atoms with Crippen LogP contribution in [0.15, 0.2) is 12.1 Å². The van der Waals surface area contributed by atoms with E-state index in [0.29, 0.717) is 0 Å². The lowest BCUT2D eigenvalue weighted by molar-refractivity contribution is -0.129. The predicted molar refractivity (Wildman–Crippen MR) is 104 cm³/mol. The minimum Gasteiger partial charge on any atom is -0.353 e. The number of hydrogen-bond acceptors (Lipinski definition) is 3. The quantitative estimate of drug-likeness (QED) is 0.657. The number of carbonyl (C=O) groups is 3. The van der Waals surface area contributed by atoms with Crippen LogP contribution in [0, 0.1) is 31.6 Å². The molecule has 2 aliphatic carbocycles. The van der Waals surface area contributed by atoms with Gasteiger partial charge >= 0.3 is 0 Å². The summed E-state index contributed by atoms with van der Waals surface area (Å²) in [5, 5.41) is 3.02. The molecule has 1 aromatic carbocycles. The van der Waals surface area contributed by atoms with Crippen LogP contribution in [-0.2, 0) is 14.4 Å². The Morgan fingerprint density at radius 1 is 1.15 bits per heavy atom. The van der Waals surface area contributed by atoms with Gasteiger partial charge in [0.15, 0.2) is 5.78 Å². The molecule has 2 fully saturated rings. The molecule has 1 N–H and O–H groups in total. The van der Waals surface area contributed by atoms with Gasteiger partial charge < -0.3 is 5.32 Å². The summed E-state index contributed by atoms with van der Waals surface area (Å²) in [5.41, 5.74) is 3.51.